The van der Waals surface area contributed by atoms with Crippen molar-refractivity contribution < 1.29 is 26.9 Å². The summed E-state index contributed by atoms with van der Waals surface area (Å²) in [5, 5.41) is 3.61. The Balaban J connectivity index is 1.47. The van der Waals surface area contributed by atoms with Crippen molar-refractivity contribution in [3.63, 3.8) is 0 Å². The number of ether oxygens (including phenoxy) is 1. The molecule has 9 nitrogen and oxygen atoms in total. The number of carbonyl (C=O) groups is 1. The fourth-order valence-corrected chi connectivity index (χ4v) is 3.90. The first-order valence-electron chi connectivity index (χ1n) is 8.45. The molecule has 0 bridgehead atoms. The molecule has 1 N–H and O–H groups in total. The lowest BCUT2D eigenvalue weighted by molar-refractivity contribution is -0.145. The predicted octanol–water partition coefficient (Wildman–Crippen LogP) is 2.36. The molecule has 0 aliphatic heterocycles. The van der Waals surface area contributed by atoms with Crippen LogP contribution in [0.2, 0.25) is 0 Å². The van der Waals surface area contributed by atoms with Gasteiger partial charge in [0.2, 0.25) is 15.9 Å². The Hall–Kier alpha value is -2.98. The first-order valence-corrected chi connectivity index (χ1v) is 9.93. The minimum atomic E-state index is -3.81. The minimum absolute atomic E-state index is 0.0194. The second-order valence-corrected chi connectivity index (χ2v) is 7.65. The van der Waals surface area contributed by atoms with E-state index in [4.69, 9.17) is 13.7 Å². The van der Waals surface area contributed by atoms with Gasteiger partial charge in [-0.2, -0.15) is 0 Å². The van der Waals surface area contributed by atoms with Crippen LogP contribution in [-0.4, -0.2) is 31.1 Å². The molecular formula is C18H19N3O6S. The minimum Gasteiger partial charge on any atom is -0.456 e. The largest absolute Gasteiger partial charge is 0.456 e. The van der Waals surface area contributed by atoms with Crippen molar-refractivity contribution in [2.45, 2.75) is 31.8 Å². The highest BCUT2D eigenvalue weighted by atomic mass is 32.2. The molecule has 0 saturated carbocycles. The Morgan fingerprint density at radius 3 is 2.64 bits per heavy atom. The molecule has 0 fully saturated rings. The number of hydrogen-bond donors (Lipinski definition) is 1. The van der Waals surface area contributed by atoms with E-state index < -0.39 is 16.0 Å². The summed E-state index contributed by atoms with van der Waals surface area (Å²) >= 11 is 0. The maximum absolute atomic E-state index is 12.2. The zero-order chi connectivity index (χ0) is 20.1. The van der Waals surface area contributed by atoms with E-state index in [2.05, 4.69) is 14.9 Å². The molecule has 0 amide bonds. The summed E-state index contributed by atoms with van der Waals surface area (Å²) in [5.41, 5.74) is 1.12. The third kappa shape index (κ3) is 4.65. The van der Waals surface area contributed by atoms with Crippen molar-refractivity contribution in [1.29, 1.82) is 0 Å². The van der Waals surface area contributed by atoms with Crippen molar-refractivity contribution in [2.24, 2.45) is 0 Å². The van der Waals surface area contributed by atoms with E-state index in [0.29, 0.717) is 5.76 Å². The molecule has 148 valence electrons. The van der Waals surface area contributed by atoms with Crippen LogP contribution in [0, 0.1) is 13.8 Å². The number of esters is 1. The van der Waals surface area contributed by atoms with Crippen LogP contribution in [0.1, 0.15) is 23.8 Å². The van der Waals surface area contributed by atoms with Gasteiger partial charge in [0.25, 0.3) is 0 Å². The van der Waals surface area contributed by atoms with Gasteiger partial charge < -0.3 is 13.7 Å². The molecule has 3 rings (SSSR count). The highest BCUT2D eigenvalue weighted by molar-refractivity contribution is 7.89. The van der Waals surface area contributed by atoms with Crippen molar-refractivity contribution in [3.05, 3.63) is 53.9 Å². The van der Waals surface area contributed by atoms with Gasteiger partial charge in [0.15, 0.2) is 18.1 Å². The predicted molar refractivity (Wildman–Crippen MR) is 97.5 cm³/mol. The zero-order valence-electron chi connectivity index (χ0n) is 15.3. The first kappa shape index (κ1) is 19.8. The maximum atomic E-state index is 12.2. The van der Waals surface area contributed by atoms with Crippen LogP contribution < -0.4 is 4.72 Å². The number of rotatable bonds is 8. The van der Waals surface area contributed by atoms with Crippen LogP contribution in [-0.2, 0) is 26.2 Å². The fourth-order valence-electron chi connectivity index (χ4n) is 2.55. The molecule has 1 aromatic carbocycles. The third-order valence-electron chi connectivity index (χ3n) is 3.83. The van der Waals surface area contributed by atoms with Gasteiger partial charge in [0, 0.05) is 12.1 Å². The van der Waals surface area contributed by atoms with Gasteiger partial charge in [0.1, 0.15) is 10.6 Å². The highest BCUT2D eigenvalue weighted by Gasteiger charge is 2.24. The number of nitrogens with zero attached hydrogens (tertiary/aromatic N) is 2. The van der Waals surface area contributed by atoms with Crippen molar-refractivity contribution in [1.82, 2.24) is 14.9 Å². The molecule has 2 heterocycles. The maximum Gasteiger partial charge on any atom is 0.307 e. The number of aryl methyl sites for hydroxylation is 2. The molecule has 0 aliphatic rings. The van der Waals surface area contributed by atoms with Crippen LogP contribution >= 0.6 is 0 Å². The Kier molecular flexibility index (Phi) is 5.90. The van der Waals surface area contributed by atoms with Crippen molar-refractivity contribution in [2.75, 3.05) is 6.54 Å². The quantitative estimate of drug-likeness (QED) is 0.566. The summed E-state index contributed by atoms with van der Waals surface area (Å²) in [4.78, 5) is 15.9. The van der Waals surface area contributed by atoms with Gasteiger partial charge in [-0.15, -0.1) is 0 Å². The Morgan fingerprint density at radius 2 is 1.96 bits per heavy atom. The van der Waals surface area contributed by atoms with Gasteiger partial charge in [-0.05, 0) is 13.8 Å². The highest BCUT2D eigenvalue weighted by Crippen LogP contribution is 2.20. The topological polar surface area (TPSA) is 125 Å². The van der Waals surface area contributed by atoms with E-state index >= 15 is 0 Å². The fraction of sp³-hybridized carbons (Fsp3) is 0.278. The number of carbonyl (C=O) groups excluding carboxylic acids is 1. The van der Waals surface area contributed by atoms with Gasteiger partial charge in [0.05, 0.1) is 12.6 Å². The molecule has 0 unspecified atom stereocenters. The van der Waals surface area contributed by atoms with Gasteiger partial charge in [-0.3, -0.25) is 4.79 Å². The van der Waals surface area contributed by atoms with E-state index in [9.17, 15) is 13.2 Å². The Bertz CT molecular complexity index is 1040. The summed E-state index contributed by atoms with van der Waals surface area (Å²) in [6, 6.07) is 9.40. The summed E-state index contributed by atoms with van der Waals surface area (Å²) in [6.45, 7) is 2.77. The van der Waals surface area contributed by atoms with Crippen LogP contribution in [0.3, 0.4) is 0 Å². The third-order valence-corrected chi connectivity index (χ3v) is 5.53. The van der Waals surface area contributed by atoms with Gasteiger partial charge in [-0.1, -0.05) is 35.5 Å². The molecule has 0 atom stereocenters. The Morgan fingerprint density at radius 1 is 1.21 bits per heavy atom. The smallest absolute Gasteiger partial charge is 0.307 e. The number of oxazole rings is 1. The average Bonchev–Trinajstić information content (AvgIpc) is 3.27. The van der Waals surface area contributed by atoms with Crippen LogP contribution in [0.5, 0.6) is 0 Å². The summed E-state index contributed by atoms with van der Waals surface area (Å²) in [7, 11) is -3.81. The van der Waals surface area contributed by atoms with Crippen LogP contribution in [0.4, 0.5) is 0 Å². The molecular weight excluding hydrogens is 386 g/mol. The van der Waals surface area contributed by atoms with E-state index in [0.717, 1.165) is 5.56 Å². The lowest BCUT2D eigenvalue weighted by atomic mass is 10.2. The molecule has 0 aliphatic carbocycles. The number of sulfonamides is 1. The average molecular weight is 405 g/mol. The molecule has 28 heavy (non-hydrogen) atoms. The lowest BCUT2D eigenvalue weighted by Crippen LogP contribution is -2.27. The van der Waals surface area contributed by atoms with E-state index in [1.54, 1.807) is 6.20 Å². The summed E-state index contributed by atoms with van der Waals surface area (Å²) in [6.07, 6.45) is 1.41. The van der Waals surface area contributed by atoms with Crippen molar-refractivity contribution in [3.8, 4) is 11.3 Å². The van der Waals surface area contributed by atoms with Crippen molar-refractivity contribution >= 4 is 16.0 Å². The lowest BCUT2D eigenvalue weighted by Gasteiger charge is -2.06. The number of benzene rings is 1. The summed E-state index contributed by atoms with van der Waals surface area (Å²) < 4.78 is 42.3. The molecule has 0 spiro atoms. The summed E-state index contributed by atoms with van der Waals surface area (Å²) in [5.74, 6) is 0.425. The number of hydrogen-bond acceptors (Lipinski definition) is 8. The van der Waals surface area contributed by atoms with Crippen LogP contribution in [0.15, 0.2) is 50.4 Å². The second kappa shape index (κ2) is 8.36. The second-order valence-electron chi connectivity index (χ2n) is 5.95. The van der Waals surface area contributed by atoms with Gasteiger partial charge >= 0.3 is 5.97 Å². The van der Waals surface area contributed by atoms with Crippen LogP contribution in [0.25, 0.3) is 11.3 Å². The normalized spacial score (nSPS) is 11.5. The number of aromatic nitrogens is 2. The number of nitrogens with one attached hydrogen (secondary N) is 1. The molecule has 2 aromatic heterocycles. The Labute approximate surface area is 161 Å². The monoisotopic (exact) mass is 405 g/mol. The zero-order valence-corrected chi connectivity index (χ0v) is 16.2. The van der Waals surface area contributed by atoms with E-state index in [1.807, 2.05) is 30.3 Å². The van der Waals surface area contributed by atoms with E-state index in [1.165, 1.54) is 13.8 Å². The van der Waals surface area contributed by atoms with Gasteiger partial charge in [-0.25, -0.2) is 18.1 Å². The SMILES string of the molecule is Cc1noc(C)c1S(=O)(=O)NCCC(=O)OCc1ncc(-c2ccccc2)o1. The molecule has 0 saturated heterocycles. The first-order chi connectivity index (χ1) is 13.4. The van der Waals surface area contributed by atoms with E-state index in [-0.39, 0.29) is 41.8 Å². The molecule has 10 heteroatoms. The molecule has 3 aromatic rings. The molecule has 0 radical (unpaired) electrons. The standard InChI is InChI=1S/C18H19N3O6S/c1-12-18(13(2)27-21-12)28(23,24)20-9-8-17(22)25-11-16-19-10-15(26-16)14-6-4-3-5-7-14/h3-7,10,20H,8-9,11H2,1-2H3.